The molecular formula is C25H31N7O3S. The molecule has 2 N–H and O–H groups in total. The SMILES string of the molecule is CC(=O)Nc1ccc(S(=O)(=O)N2CCN(CC#Cc3cnc(C#N)nc3NCC(C)(C)C)CC2)cc1. The van der Waals surface area contributed by atoms with Crippen LogP contribution in [0.5, 0.6) is 0 Å². The number of carbonyl (C=O) groups excluding carboxylic acids is 1. The van der Waals surface area contributed by atoms with Crippen LogP contribution in [-0.4, -0.2) is 72.8 Å². The molecule has 11 heteroatoms. The van der Waals surface area contributed by atoms with Crippen molar-refractivity contribution in [3.8, 4) is 17.9 Å². The fourth-order valence-corrected chi connectivity index (χ4v) is 4.87. The minimum Gasteiger partial charge on any atom is -0.368 e. The molecule has 0 unspecified atom stereocenters. The number of amides is 1. The molecule has 1 saturated heterocycles. The smallest absolute Gasteiger partial charge is 0.243 e. The van der Waals surface area contributed by atoms with E-state index < -0.39 is 10.0 Å². The fraction of sp³-hybridized carbons (Fsp3) is 0.440. The lowest BCUT2D eigenvalue weighted by Crippen LogP contribution is -2.48. The molecular weight excluding hydrogens is 478 g/mol. The van der Waals surface area contributed by atoms with Crippen LogP contribution in [0.15, 0.2) is 35.4 Å². The van der Waals surface area contributed by atoms with Crippen LogP contribution in [0.4, 0.5) is 11.5 Å². The van der Waals surface area contributed by atoms with Crippen LogP contribution >= 0.6 is 0 Å². The van der Waals surface area contributed by atoms with Gasteiger partial charge >= 0.3 is 0 Å². The second-order valence-electron chi connectivity index (χ2n) is 9.67. The Bertz CT molecular complexity index is 1290. The van der Waals surface area contributed by atoms with Crippen molar-refractivity contribution in [3.63, 3.8) is 0 Å². The number of nitriles is 1. The number of nitrogens with zero attached hydrogens (tertiary/aromatic N) is 5. The third-order valence-electron chi connectivity index (χ3n) is 5.34. The summed E-state index contributed by atoms with van der Waals surface area (Å²) in [4.78, 5) is 21.7. The zero-order valence-corrected chi connectivity index (χ0v) is 21.8. The standard InChI is InChI=1S/C25H31N7O3S/c1-19(33)29-21-7-9-22(10-8-21)36(34,35)32-14-12-31(13-15-32)11-5-6-20-17-27-23(16-26)30-24(20)28-18-25(2,3)4/h7-10,17H,11-15,18H2,1-4H3,(H,29,33)(H,27,28,30). The number of hydrogen-bond acceptors (Lipinski definition) is 8. The largest absolute Gasteiger partial charge is 0.368 e. The van der Waals surface area contributed by atoms with Crippen molar-refractivity contribution in [2.45, 2.75) is 32.6 Å². The summed E-state index contributed by atoms with van der Waals surface area (Å²) in [6, 6.07) is 8.12. The minimum absolute atomic E-state index is 0.0238. The van der Waals surface area contributed by atoms with Gasteiger partial charge in [0.25, 0.3) is 0 Å². The Morgan fingerprint density at radius 1 is 1.14 bits per heavy atom. The second kappa shape index (κ2) is 11.5. The van der Waals surface area contributed by atoms with E-state index in [1.54, 1.807) is 18.3 Å². The molecule has 1 fully saturated rings. The van der Waals surface area contributed by atoms with E-state index in [1.165, 1.54) is 23.4 Å². The normalized spacial score (nSPS) is 14.9. The first-order chi connectivity index (χ1) is 17.0. The molecule has 2 heterocycles. The van der Waals surface area contributed by atoms with Gasteiger partial charge in [0.05, 0.1) is 17.0 Å². The number of piperazine rings is 1. The highest BCUT2D eigenvalue weighted by Crippen LogP contribution is 2.20. The number of carbonyl (C=O) groups is 1. The molecule has 1 aliphatic rings. The van der Waals surface area contributed by atoms with E-state index in [1.807, 2.05) is 6.07 Å². The van der Waals surface area contributed by atoms with E-state index in [0.717, 1.165) is 0 Å². The number of rotatable bonds is 6. The molecule has 0 radical (unpaired) electrons. The lowest BCUT2D eigenvalue weighted by atomic mass is 9.97. The van der Waals surface area contributed by atoms with Crippen molar-refractivity contribution in [1.29, 1.82) is 5.26 Å². The maximum atomic E-state index is 13.0. The summed E-state index contributed by atoms with van der Waals surface area (Å²) in [6.45, 7) is 10.6. The Balaban J connectivity index is 1.60. The monoisotopic (exact) mass is 509 g/mol. The molecule has 1 aromatic heterocycles. The minimum atomic E-state index is -3.62. The summed E-state index contributed by atoms with van der Waals surface area (Å²) in [5, 5.41) is 15.0. The van der Waals surface area contributed by atoms with Gasteiger partial charge in [0.1, 0.15) is 11.9 Å². The first kappa shape index (κ1) is 27.1. The average Bonchev–Trinajstić information content (AvgIpc) is 2.83. The Hall–Kier alpha value is -3.51. The summed E-state index contributed by atoms with van der Waals surface area (Å²) in [7, 11) is -3.62. The van der Waals surface area contributed by atoms with Crippen LogP contribution in [0.3, 0.4) is 0 Å². The van der Waals surface area contributed by atoms with Gasteiger partial charge in [-0.1, -0.05) is 32.6 Å². The van der Waals surface area contributed by atoms with Gasteiger partial charge in [-0.2, -0.15) is 9.57 Å². The predicted octanol–water partition coefficient (Wildman–Crippen LogP) is 2.12. The highest BCUT2D eigenvalue weighted by molar-refractivity contribution is 7.89. The number of sulfonamides is 1. The van der Waals surface area contributed by atoms with Gasteiger partial charge in [-0.05, 0) is 29.7 Å². The summed E-state index contributed by atoms with van der Waals surface area (Å²) in [5.41, 5.74) is 1.19. The number of hydrogen-bond donors (Lipinski definition) is 2. The molecule has 1 aliphatic heterocycles. The zero-order valence-electron chi connectivity index (χ0n) is 21.0. The molecule has 0 atom stereocenters. The van der Waals surface area contributed by atoms with Crippen molar-refractivity contribution in [3.05, 3.63) is 41.9 Å². The third-order valence-corrected chi connectivity index (χ3v) is 7.26. The van der Waals surface area contributed by atoms with E-state index in [2.05, 4.69) is 58.1 Å². The average molecular weight is 510 g/mol. The molecule has 1 aromatic carbocycles. The van der Waals surface area contributed by atoms with Crippen LogP contribution in [0.1, 0.15) is 39.1 Å². The molecule has 0 bridgehead atoms. The molecule has 36 heavy (non-hydrogen) atoms. The van der Waals surface area contributed by atoms with Crippen LogP contribution in [0.25, 0.3) is 0 Å². The molecule has 10 nitrogen and oxygen atoms in total. The van der Waals surface area contributed by atoms with E-state index in [-0.39, 0.29) is 22.0 Å². The van der Waals surface area contributed by atoms with Crippen molar-refractivity contribution in [2.75, 3.05) is 49.9 Å². The predicted molar refractivity (Wildman–Crippen MR) is 138 cm³/mol. The Kier molecular flexibility index (Phi) is 8.64. The Labute approximate surface area is 212 Å². The van der Waals surface area contributed by atoms with E-state index >= 15 is 0 Å². The van der Waals surface area contributed by atoms with Crippen LogP contribution in [0.2, 0.25) is 0 Å². The van der Waals surface area contributed by atoms with Gasteiger partial charge < -0.3 is 10.6 Å². The van der Waals surface area contributed by atoms with E-state index in [0.29, 0.717) is 56.3 Å². The Morgan fingerprint density at radius 2 is 1.81 bits per heavy atom. The number of aromatic nitrogens is 2. The highest BCUT2D eigenvalue weighted by Gasteiger charge is 2.28. The van der Waals surface area contributed by atoms with Gasteiger partial charge in [-0.3, -0.25) is 9.69 Å². The van der Waals surface area contributed by atoms with Crippen molar-refractivity contribution >= 4 is 27.4 Å². The summed E-state index contributed by atoms with van der Waals surface area (Å²) in [5.74, 6) is 6.61. The fourth-order valence-electron chi connectivity index (χ4n) is 3.45. The summed E-state index contributed by atoms with van der Waals surface area (Å²) in [6.07, 6.45) is 1.55. The molecule has 0 aliphatic carbocycles. The number of nitrogens with one attached hydrogen (secondary N) is 2. The maximum Gasteiger partial charge on any atom is 0.243 e. The third kappa shape index (κ3) is 7.49. The lowest BCUT2D eigenvalue weighted by Gasteiger charge is -2.32. The molecule has 2 aromatic rings. The van der Waals surface area contributed by atoms with Gasteiger partial charge in [0.15, 0.2) is 0 Å². The molecule has 0 spiro atoms. The zero-order chi connectivity index (χ0) is 26.3. The molecule has 3 rings (SSSR count). The first-order valence-electron chi connectivity index (χ1n) is 11.6. The van der Waals surface area contributed by atoms with Gasteiger partial charge in [-0.25, -0.2) is 18.4 Å². The summed E-state index contributed by atoms with van der Waals surface area (Å²) < 4.78 is 27.5. The second-order valence-corrected chi connectivity index (χ2v) is 11.6. The quantitative estimate of drug-likeness (QED) is 0.566. The maximum absolute atomic E-state index is 13.0. The molecule has 0 saturated carbocycles. The van der Waals surface area contributed by atoms with Crippen molar-refractivity contribution in [2.24, 2.45) is 5.41 Å². The van der Waals surface area contributed by atoms with Crippen molar-refractivity contribution in [1.82, 2.24) is 19.2 Å². The molecule has 1 amide bonds. The van der Waals surface area contributed by atoms with Crippen LogP contribution in [0, 0.1) is 28.6 Å². The van der Waals surface area contributed by atoms with Crippen molar-refractivity contribution < 1.29 is 13.2 Å². The highest BCUT2D eigenvalue weighted by atomic mass is 32.2. The van der Waals surface area contributed by atoms with Gasteiger partial charge in [-0.15, -0.1) is 0 Å². The van der Waals surface area contributed by atoms with Crippen LogP contribution < -0.4 is 10.6 Å². The molecule has 190 valence electrons. The Morgan fingerprint density at radius 3 is 2.39 bits per heavy atom. The number of anilines is 2. The van der Waals surface area contributed by atoms with E-state index in [9.17, 15) is 13.2 Å². The van der Waals surface area contributed by atoms with Gasteiger partial charge in [0.2, 0.25) is 21.8 Å². The summed E-state index contributed by atoms with van der Waals surface area (Å²) >= 11 is 0. The first-order valence-corrected chi connectivity index (χ1v) is 13.0. The van der Waals surface area contributed by atoms with E-state index in [4.69, 9.17) is 5.26 Å². The van der Waals surface area contributed by atoms with Crippen LogP contribution in [-0.2, 0) is 14.8 Å². The number of benzene rings is 1. The lowest BCUT2D eigenvalue weighted by molar-refractivity contribution is -0.114. The topological polar surface area (TPSA) is 131 Å². The van der Waals surface area contributed by atoms with Gasteiger partial charge in [0, 0.05) is 51.5 Å².